The van der Waals surface area contributed by atoms with E-state index in [-0.39, 0.29) is 10.3 Å². The zero-order chi connectivity index (χ0) is 15.7. The number of hydrogen-bond acceptors (Lipinski definition) is 4. The Kier molecular flexibility index (Phi) is 4.06. The molecule has 0 unspecified atom stereocenters. The lowest BCUT2D eigenvalue weighted by Gasteiger charge is -2.23. The van der Waals surface area contributed by atoms with Gasteiger partial charge in [-0.25, -0.2) is 8.42 Å². The van der Waals surface area contributed by atoms with Crippen molar-refractivity contribution in [1.82, 2.24) is 9.78 Å². The van der Waals surface area contributed by atoms with Crippen LogP contribution < -0.4 is 10.5 Å². The lowest BCUT2D eigenvalue weighted by Crippen LogP contribution is -2.27. The molecule has 0 aliphatic heterocycles. The Balaban J connectivity index is 2.21. The molecule has 0 fully saturated rings. The summed E-state index contributed by atoms with van der Waals surface area (Å²) in [5.41, 5.74) is 7.17. The van der Waals surface area contributed by atoms with Crippen molar-refractivity contribution in [2.45, 2.75) is 24.2 Å². The average Bonchev–Trinajstić information content (AvgIpc) is 2.86. The molecule has 1 heterocycles. The smallest absolute Gasteiger partial charge is 0.265 e. The van der Waals surface area contributed by atoms with E-state index < -0.39 is 10.0 Å². The summed E-state index contributed by atoms with van der Waals surface area (Å²) in [5.74, 6) is 0. The quantitative estimate of drug-likeness (QED) is 0.875. The Labute approximate surface area is 125 Å². The Bertz CT molecular complexity index is 718. The van der Waals surface area contributed by atoms with Gasteiger partial charge in [0.2, 0.25) is 0 Å². The van der Waals surface area contributed by atoms with Crippen molar-refractivity contribution in [3.05, 3.63) is 42.2 Å². The summed E-state index contributed by atoms with van der Waals surface area (Å²) in [7, 11) is -1.94. The highest BCUT2D eigenvalue weighted by molar-refractivity contribution is 7.92. The van der Waals surface area contributed by atoms with E-state index in [9.17, 15) is 8.42 Å². The monoisotopic (exact) mass is 308 g/mol. The van der Waals surface area contributed by atoms with Gasteiger partial charge in [0.25, 0.3) is 10.0 Å². The SMILES string of the molecule is Cn1cc(S(=O)(=O)Nc2ccc(C(C)(C)CN)cc2)cn1. The second kappa shape index (κ2) is 5.50. The molecular weight excluding hydrogens is 288 g/mol. The average molecular weight is 308 g/mol. The van der Waals surface area contributed by atoms with Gasteiger partial charge in [0, 0.05) is 30.9 Å². The highest BCUT2D eigenvalue weighted by atomic mass is 32.2. The van der Waals surface area contributed by atoms with E-state index >= 15 is 0 Å². The van der Waals surface area contributed by atoms with Gasteiger partial charge in [-0.05, 0) is 17.7 Å². The molecule has 0 spiro atoms. The third kappa shape index (κ3) is 3.43. The predicted molar refractivity (Wildman–Crippen MR) is 82.5 cm³/mol. The number of anilines is 1. The van der Waals surface area contributed by atoms with Crippen molar-refractivity contribution in [3.8, 4) is 0 Å². The number of aromatic nitrogens is 2. The molecule has 1 aromatic carbocycles. The van der Waals surface area contributed by atoms with E-state index in [1.54, 1.807) is 19.2 Å². The van der Waals surface area contributed by atoms with Crippen LogP contribution in [0, 0.1) is 0 Å². The normalized spacial score (nSPS) is 12.4. The maximum atomic E-state index is 12.2. The first-order chi connectivity index (χ1) is 9.74. The maximum Gasteiger partial charge on any atom is 0.265 e. The summed E-state index contributed by atoms with van der Waals surface area (Å²) < 4.78 is 28.3. The maximum absolute atomic E-state index is 12.2. The van der Waals surface area contributed by atoms with E-state index in [1.807, 2.05) is 26.0 Å². The topological polar surface area (TPSA) is 90.0 Å². The lowest BCUT2D eigenvalue weighted by molar-refractivity contribution is 0.539. The van der Waals surface area contributed by atoms with Gasteiger partial charge in [-0.15, -0.1) is 0 Å². The molecule has 2 rings (SSSR count). The molecule has 0 amide bonds. The summed E-state index contributed by atoms with van der Waals surface area (Å²) >= 11 is 0. The molecule has 7 heteroatoms. The molecule has 0 aliphatic carbocycles. The number of nitrogens with two attached hydrogens (primary N) is 1. The minimum atomic E-state index is -3.60. The predicted octanol–water partition coefficient (Wildman–Crippen LogP) is 1.46. The molecule has 0 atom stereocenters. The van der Waals surface area contributed by atoms with Crippen molar-refractivity contribution in [3.63, 3.8) is 0 Å². The first kappa shape index (κ1) is 15.5. The van der Waals surface area contributed by atoms with E-state index in [1.165, 1.54) is 17.1 Å². The molecule has 0 bridgehead atoms. The summed E-state index contributed by atoms with van der Waals surface area (Å²) in [6, 6.07) is 7.24. The highest BCUT2D eigenvalue weighted by Crippen LogP contribution is 2.24. The number of rotatable bonds is 5. The zero-order valence-electron chi connectivity index (χ0n) is 12.4. The fourth-order valence-corrected chi connectivity index (χ4v) is 2.90. The molecule has 0 saturated heterocycles. The number of hydrogen-bond donors (Lipinski definition) is 2. The minimum absolute atomic E-state index is 0.136. The van der Waals surface area contributed by atoms with E-state index in [4.69, 9.17) is 5.73 Å². The van der Waals surface area contributed by atoms with E-state index in [2.05, 4.69) is 9.82 Å². The van der Waals surface area contributed by atoms with Gasteiger partial charge in [-0.1, -0.05) is 26.0 Å². The Morgan fingerprint density at radius 2 is 1.90 bits per heavy atom. The van der Waals surface area contributed by atoms with Gasteiger partial charge in [0.15, 0.2) is 0 Å². The van der Waals surface area contributed by atoms with Gasteiger partial charge < -0.3 is 5.73 Å². The van der Waals surface area contributed by atoms with Crippen LogP contribution in [0.5, 0.6) is 0 Å². The molecule has 0 saturated carbocycles. The van der Waals surface area contributed by atoms with Crippen LogP contribution in [-0.4, -0.2) is 24.7 Å². The zero-order valence-corrected chi connectivity index (χ0v) is 13.2. The second-order valence-electron chi connectivity index (χ2n) is 5.62. The first-order valence-electron chi connectivity index (χ1n) is 6.57. The van der Waals surface area contributed by atoms with Crippen LogP contribution in [0.1, 0.15) is 19.4 Å². The number of nitrogens with zero attached hydrogens (tertiary/aromatic N) is 2. The molecule has 6 nitrogen and oxygen atoms in total. The third-order valence-corrected chi connectivity index (χ3v) is 4.76. The summed E-state index contributed by atoms with van der Waals surface area (Å²) in [6.07, 6.45) is 2.77. The largest absolute Gasteiger partial charge is 0.330 e. The van der Waals surface area contributed by atoms with Crippen molar-refractivity contribution in [2.24, 2.45) is 12.8 Å². The number of aryl methyl sites for hydroxylation is 1. The van der Waals surface area contributed by atoms with Crippen molar-refractivity contribution >= 4 is 15.7 Å². The van der Waals surface area contributed by atoms with Crippen LogP contribution in [0.3, 0.4) is 0 Å². The fraction of sp³-hybridized carbons (Fsp3) is 0.357. The van der Waals surface area contributed by atoms with Crippen molar-refractivity contribution < 1.29 is 8.42 Å². The molecule has 114 valence electrons. The van der Waals surface area contributed by atoms with Gasteiger partial charge in [-0.3, -0.25) is 9.40 Å². The fourth-order valence-electron chi connectivity index (χ4n) is 1.86. The van der Waals surface area contributed by atoms with Crippen LogP contribution in [0.25, 0.3) is 0 Å². The Morgan fingerprint density at radius 1 is 1.29 bits per heavy atom. The molecule has 21 heavy (non-hydrogen) atoms. The van der Waals surface area contributed by atoms with Gasteiger partial charge >= 0.3 is 0 Å². The summed E-state index contributed by atoms with van der Waals surface area (Å²) in [5, 5.41) is 3.87. The minimum Gasteiger partial charge on any atom is -0.330 e. The van der Waals surface area contributed by atoms with Gasteiger partial charge in [0.05, 0.1) is 6.20 Å². The standard InChI is InChI=1S/C14H20N4O2S/c1-14(2,10-15)11-4-6-12(7-5-11)17-21(19,20)13-8-16-18(3)9-13/h4-9,17H,10,15H2,1-3H3. The first-order valence-corrected chi connectivity index (χ1v) is 8.05. The number of benzene rings is 1. The van der Waals surface area contributed by atoms with E-state index in [0.29, 0.717) is 12.2 Å². The molecule has 0 radical (unpaired) electrons. The van der Waals surface area contributed by atoms with Crippen LogP contribution >= 0.6 is 0 Å². The van der Waals surface area contributed by atoms with Crippen LogP contribution in [0.2, 0.25) is 0 Å². The molecule has 0 aliphatic rings. The Hall–Kier alpha value is -1.86. The van der Waals surface area contributed by atoms with Crippen LogP contribution in [0.15, 0.2) is 41.6 Å². The molecule has 1 aromatic heterocycles. The van der Waals surface area contributed by atoms with Crippen LogP contribution in [-0.2, 0) is 22.5 Å². The summed E-state index contributed by atoms with van der Waals surface area (Å²) in [4.78, 5) is 0.136. The van der Waals surface area contributed by atoms with Crippen molar-refractivity contribution in [2.75, 3.05) is 11.3 Å². The third-order valence-electron chi connectivity index (χ3n) is 3.42. The van der Waals surface area contributed by atoms with E-state index in [0.717, 1.165) is 5.56 Å². The Morgan fingerprint density at radius 3 is 2.38 bits per heavy atom. The molecule has 3 N–H and O–H groups in total. The van der Waals surface area contributed by atoms with Crippen LogP contribution in [0.4, 0.5) is 5.69 Å². The number of nitrogens with one attached hydrogen (secondary N) is 1. The second-order valence-corrected chi connectivity index (χ2v) is 7.30. The summed E-state index contributed by atoms with van der Waals surface area (Å²) in [6.45, 7) is 4.61. The van der Waals surface area contributed by atoms with Gasteiger partial charge in [-0.2, -0.15) is 5.10 Å². The van der Waals surface area contributed by atoms with Gasteiger partial charge in [0.1, 0.15) is 4.90 Å². The number of sulfonamides is 1. The molecular formula is C14H20N4O2S. The lowest BCUT2D eigenvalue weighted by atomic mass is 9.85. The molecule has 2 aromatic rings. The highest BCUT2D eigenvalue weighted by Gasteiger charge is 2.19. The van der Waals surface area contributed by atoms with Crippen molar-refractivity contribution in [1.29, 1.82) is 0 Å².